The number of allylic oxidation sites excluding steroid dienone is 2. The maximum atomic E-state index is 6.97. The highest BCUT2D eigenvalue weighted by atomic mass is 16.5. The second-order valence-corrected chi connectivity index (χ2v) is 14.3. The molecule has 186 valence electrons. The Morgan fingerprint density at radius 2 is 1.70 bits per heavy atom. The first-order valence-electron chi connectivity index (χ1n) is 14.4. The standard InChI is InChI=1S/C30H50N2O/c1-18-14-26-28(32(7)17-18)19(2)27-25(33-26)16-24-22-9-8-20-15-21(31(5)6)10-12-29(20,3)23(22)11-13-30(24,27)4/h18-25,27H,8-17H2,1-7H3/t18-,19+,20+,21+,22-,23+,24+,25-,27+,29+,30+/m1/s1. The van der Waals surface area contributed by atoms with Gasteiger partial charge in [-0.3, -0.25) is 0 Å². The van der Waals surface area contributed by atoms with E-state index in [1.807, 2.05) is 0 Å². The molecule has 0 aromatic carbocycles. The molecule has 0 amide bonds. The molecule has 11 atom stereocenters. The molecular formula is C30H50N2O. The maximum absolute atomic E-state index is 6.97. The lowest BCUT2D eigenvalue weighted by molar-refractivity contribution is -0.124. The van der Waals surface area contributed by atoms with Gasteiger partial charge in [-0.1, -0.05) is 27.7 Å². The van der Waals surface area contributed by atoms with E-state index in [1.54, 1.807) is 5.70 Å². The molecule has 0 N–H and O–H groups in total. The molecule has 2 aliphatic heterocycles. The molecule has 4 fully saturated rings. The van der Waals surface area contributed by atoms with E-state index in [4.69, 9.17) is 4.74 Å². The van der Waals surface area contributed by atoms with Crippen LogP contribution in [0.1, 0.15) is 85.5 Å². The third-order valence-electron chi connectivity index (χ3n) is 12.5. The topological polar surface area (TPSA) is 15.7 Å². The molecule has 6 aliphatic rings. The quantitative estimate of drug-likeness (QED) is 0.456. The van der Waals surface area contributed by atoms with Crippen LogP contribution in [0.25, 0.3) is 0 Å². The molecule has 33 heavy (non-hydrogen) atoms. The van der Waals surface area contributed by atoms with E-state index in [1.165, 1.54) is 63.7 Å². The Labute approximate surface area is 203 Å². The van der Waals surface area contributed by atoms with Crippen LogP contribution in [0, 0.1) is 52.3 Å². The molecule has 3 heteroatoms. The molecule has 0 unspecified atom stereocenters. The van der Waals surface area contributed by atoms with Crippen molar-refractivity contribution in [2.75, 3.05) is 27.7 Å². The molecule has 6 rings (SSSR count). The first kappa shape index (κ1) is 22.7. The highest BCUT2D eigenvalue weighted by Crippen LogP contribution is 2.70. The minimum absolute atomic E-state index is 0.470. The van der Waals surface area contributed by atoms with Gasteiger partial charge in [0, 0.05) is 37.9 Å². The number of hydrogen-bond acceptors (Lipinski definition) is 3. The van der Waals surface area contributed by atoms with Crippen LogP contribution in [0.3, 0.4) is 0 Å². The first-order valence-corrected chi connectivity index (χ1v) is 14.4. The molecule has 4 saturated carbocycles. The van der Waals surface area contributed by atoms with Gasteiger partial charge in [0.15, 0.2) is 0 Å². The van der Waals surface area contributed by atoms with Crippen LogP contribution < -0.4 is 0 Å². The Kier molecular flexibility index (Phi) is 5.27. The predicted octanol–water partition coefficient (Wildman–Crippen LogP) is 6.40. The van der Waals surface area contributed by atoms with Crippen LogP contribution in [0.2, 0.25) is 0 Å². The molecule has 0 saturated heterocycles. The average Bonchev–Trinajstić information content (AvgIpc) is 3.04. The van der Waals surface area contributed by atoms with Gasteiger partial charge in [0.1, 0.15) is 11.9 Å². The second-order valence-electron chi connectivity index (χ2n) is 14.3. The van der Waals surface area contributed by atoms with Crippen molar-refractivity contribution in [3.63, 3.8) is 0 Å². The van der Waals surface area contributed by atoms with Crippen LogP contribution in [0.15, 0.2) is 11.5 Å². The van der Waals surface area contributed by atoms with E-state index in [2.05, 4.69) is 58.6 Å². The first-order chi connectivity index (χ1) is 15.6. The molecule has 3 nitrogen and oxygen atoms in total. The summed E-state index contributed by atoms with van der Waals surface area (Å²) >= 11 is 0. The summed E-state index contributed by atoms with van der Waals surface area (Å²) in [6.07, 6.45) is 13.2. The summed E-state index contributed by atoms with van der Waals surface area (Å²) in [5, 5.41) is 0. The van der Waals surface area contributed by atoms with Crippen LogP contribution in [-0.2, 0) is 4.74 Å². The predicted molar refractivity (Wildman–Crippen MR) is 136 cm³/mol. The maximum Gasteiger partial charge on any atom is 0.116 e. The van der Waals surface area contributed by atoms with Crippen LogP contribution >= 0.6 is 0 Å². The lowest BCUT2D eigenvalue weighted by atomic mass is 9.44. The Balaban J connectivity index is 1.27. The van der Waals surface area contributed by atoms with E-state index in [0.29, 0.717) is 34.7 Å². The van der Waals surface area contributed by atoms with Crippen molar-refractivity contribution >= 4 is 0 Å². The Hall–Kier alpha value is -0.700. The van der Waals surface area contributed by atoms with Gasteiger partial charge in [-0.25, -0.2) is 0 Å². The zero-order valence-corrected chi connectivity index (χ0v) is 22.6. The van der Waals surface area contributed by atoms with Gasteiger partial charge in [0.2, 0.25) is 0 Å². The van der Waals surface area contributed by atoms with E-state index in [9.17, 15) is 0 Å². The fourth-order valence-corrected chi connectivity index (χ4v) is 11.1. The average molecular weight is 455 g/mol. The smallest absolute Gasteiger partial charge is 0.116 e. The molecule has 0 aromatic rings. The number of rotatable bonds is 1. The van der Waals surface area contributed by atoms with Gasteiger partial charge in [-0.15, -0.1) is 0 Å². The largest absolute Gasteiger partial charge is 0.493 e. The Bertz CT molecular complexity index is 820. The number of hydrogen-bond donors (Lipinski definition) is 0. The summed E-state index contributed by atoms with van der Waals surface area (Å²) < 4.78 is 6.97. The fraction of sp³-hybridized carbons (Fsp3) is 0.933. The SMILES string of the molecule is C[C@@H]1CC2=C([C@@H](C)[C@H]3[C@@H](C[C@H]4[C@@H]5CC[C@H]6C[C@@H](N(C)C)CC[C@]6(C)[C@H]5CC[C@]34C)O2)N(C)C1. The molecule has 0 spiro atoms. The molecule has 0 aromatic heterocycles. The van der Waals surface area contributed by atoms with Gasteiger partial charge in [0.05, 0.1) is 5.70 Å². The van der Waals surface area contributed by atoms with Crippen molar-refractivity contribution < 1.29 is 4.74 Å². The van der Waals surface area contributed by atoms with Crippen molar-refractivity contribution in [2.45, 2.75) is 97.6 Å². The lowest BCUT2D eigenvalue weighted by Gasteiger charge is -2.61. The highest BCUT2D eigenvalue weighted by Gasteiger charge is 2.65. The van der Waals surface area contributed by atoms with E-state index in [0.717, 1.165) is 36.1 Å². The zero-order valence-electron chi connectivity index (χ0n) is 22.6. The van der Waals surface area contributed by atoms with E-state index >= 15 is 0 Å². The van der Waals surface area contributed by atoms with Crippen molar-refractivity contribution in [3.05, 3.63) is 11.5 Å². The van der Waals surface area contributed by atoms with Gasteiger partial charge < -0.3 is 14.5 Å². The fourth-order valence-electron chi connectivity index (χ4n) is 11.1. The van der Waals surface area contributed by atoms with Gasteiger partial charge in [-0.2, -0.15) is 0 Å². The Morgan fingerprint density at radius 1 is 0.939 bits per heavy atom. The zero-order chi connectivity index (χ0) is 23.3. The number of ether oxygens (including phenoxy) is 1. The molecular weight excluding hydrogens is 404 g/mol. The minimum Gasteiger partial charge on any atom is -0.493 e. The third-order valence-corrected chi connectivity index (χ3v) is 12.5. The highest BCUT2D eigenvalue weighted by molar-refractivity contribution is 5.24. The number of nitrogens with zero attached hydrogens (tertiary/aromatic N) is 2. The van der Waals surface area contributed by atoms with Crippen LogP contribution in [-0.4, -0.2) is 49.6 Å². The molecule has 4 aliphatic carbocycles. The van der Waals surface area contributed by atoms with Crippen molar-refractivity contribution in [1.29, 1.82) is 0 Å². The van der Waals surface area contributed by atoms with Crippen LogP contribution in [0.5, 0.6) is 0 Å². The van der Waals surface area contributed by atoms with Gasteiger partial charge in [0.25, 0.3) is 0 Å². The molecule has 0 radical (unpaired) electrons. The third kappa shape index (κ3) is 3.15. The second kappa shape index (κ2) is 7.65. The van der Waals surface area contributed by atoms with Gasteiger partial charge >= 0.3 is 0 Å². The molecule has 0 bridgehead atoms. The minimum atomic E-state index is 0.470. The molecule has 2 heterocycles. The summed E-state index contributed by atoms with van der Waals surface area (Å²) in [4.78, 5) is 5.07. The summed E-state index contributed by atoms with van der Waals surface area (Å²) in [6.45, 7) is 11.6. The summed E-state index contributed by atoms with van der Waals surface area (Å²) in [6, 6.07) is 0.814. The monoisotopic (exact) mass is 454 g/mol. The summed E-state index contributed by atoms with van der Waals surface area (Å²) in [5.74, 6) is 7.18. The van der Waals surface area contributed by atoms with E-state index in [-0.39, 0.29) is 0 Å². The van der Waals surface area contributed by atoms with Crippen molar-refractivity contribution in [3.8, 4) is 0 Å². The van der Waals surface area contributed by atoms with Crippen LogP contribution in [0.4, 0.5) is 0 Å². The normalized spacial score (nSPS) is 53.6. The van der Waals surface area contributed by atoms with Gasteiger partial charge in [-0.05, 0) is 106 Å². The van der Waals surface area contributed by atoms with Crippen molar-refractivity contribution in [2.24, 2.45) is 52.3 Å². The lowest BCUT2D eigenvalue weighted by Crippen LogP contribution is -2.55. The Morgan fingerprint density at radius 3 is 2.45 bits per heavy atom. The van der Waals surface area contributed by atoms with E-state index < -0.39 is 0 Å². The summed E-state index contributed by atoms with van der Waals surface area (Å²) in [7, 11) is 6.93. The summed E-state index contributed by atoms with van der Waals surface area (Å²) in [5.41, 5.74) is 2.62. The number of fused-ring (bicyclic) bond motifs is 7. The van der Waals surface area contributed by atoms with Crippen molar-refractivity contribution in [1.82, 2.24) is 9.80 Å².